The summed E-state index contributed by atoms with van der Waals surface area (Å²) in [6, 6.07) is 14.7. The van der Waals surface area contributed by atoms with E-state index in [1.165, 1.54) is 29.8 Å². The van der Waals surface area contributed by atoms with Crippen LogP contribution < -0.4 is 21.3 Å². The van der Waals surface area contributed by atoms with Crippen LogP contribution in [-0.4, -0.2) is 26.6 Å². The molecular weight excluding hydrogens is 491 g/mol. The molecule has 194 valence electrons. The number of aliphatic carboxylic acids is 1. The first-order valence-corrected chi connectivity index (χ1v) is 11.5. The van der Waals surface area contributed by atoms with Crippen molar-refractivity contribution in [2.24, 2.45) is 7.05 Å². The van der Waals surface area contributed by atoms with Gasteiger partial charge in [0.2, 0.25) is 0 Å². The van der Waals surface area contributed by atoms with Crippen molar-refractivity contribution in [1.82, 2.24) is 14.5 Å². The number of fused-ring (bicyclic) bond motifs is 1. The number of nitrogens with one attached hydrogen (secondary N) is 1. The van der Waals surface area contributed by atoms with Crippen LogP contribution in [0.1, 0.15) is 35.2 Å². The number of alkyl halides is 3. The molecule has 2 aromatic carbocycles. The van der Waals surface area contributed by atoms with Crippen LogP contribution >= 0.6 is 0 Å². The van der Waals surface area contributed by atoms with E-state index in [0.717, 1.165) is 10.1 Å². The maximum Gasteiger partial charge on any atom is 0.573 e. The number of hydrogen-bond acceptors (Lipinski definition) is 5. The van der Waals surface area contributed by atoms with Gasteiger partial charge in [-0.25, -0.2) is 4.79 Å². The molecule has 0 saturated heterocycles. The first kappa shape index (κ1) is 25.8. The van der Waals surface area contributed by atoms with Gasteiger partial charge in [0.15, 0.2) is 0 Å². The lowest BCUT2D eigenvalue weighted by Crippen LogP contribution is -2.45. The topological polar surface area (TPSA) is 103 Å². The number of hydrogen-bond donors (Lipinski definition) is 2. The van der Waals surface area contributed by atoms with Gasteiger partial charge >= 0.3 is 18.0 Å². The second-order valence-corrected chi connectivity index (χ2v) is 8.56. The molecule has 2 heterocycles. The molecule has 11 heteroatoms. The summed E-state index contributed by atoms with van der Waals surface area (Å²) >= 11 is 0. The van der Waals surface area contributed by atoms with Crippen molar-refractivity contribution in [3.63, 3.8) is 0 Å². The minimum Gasteiger partial charge on any atom is -0.481 e. The van der Waals surface area contributed by atoms with Crippen LogP contribution in [0.2, 0.25) is 0 Å². The second kappa shape index (κ2) is 10.4. The van der Waals surface area contributed by atoms with Crippen molar-refractivity contribution in [2.45, 2.75) is 38.7 Å². The molecule has 0 atom stereocenters. The van der Waals surface area contributed by atoms with Crippen molar-refractivity contribution in [3.05, 3.63) is 97.8 Å². The zero-order valence-corrected chi connectivity index (χ0v) is 19.8. The first-order valence-electron chi connectivity index (χ1n) is 11.5. The van der Waals surface area contributed by atoms with Crippen LogP contribution in [-0.2, 0) is 31.4 Å². The second-order valence-electron chi connectivity index (χ2n) is 8.56. The lowest BCUT2D eigenvalue weighted by molar-refractivity contribution is -0.274. The molecule has 0 bridgehead atoms. The predicted octanol–water partition coefficient (Wildman–Crippen LogP) is 3.52. The number of carboxylic acid groups (broad SMARTS) is 1. The van der Waals surface area contributed by atoms with Gasteiger partial charge in [-0.15, -0.1) is 13.2 Å². The van der Waals surface area contributed by atoms with Gasteiger partial charge in [0, 0.05) is 37.7 Å². The van der Waals surface area contributed by atoms with E-state index in [-0.39, 0.29) is 37.9 Å². The van der Waals surface area contributed by atoms with Gasteiger partial charge in [-0.3, -0.25) is 18.7 Å². The maximum atomic E-state index is 13.7. The van der Waals surface area contributed by atoms with E-state index < -0.39 is 29.3 Å². The summed E-state index contributed by atoms with van der Waals surface area (Å²) in [7, 11) is 1.53. The van der Waals surface area contributed by atoms with Crippen molar-refractivity contribution in [2.75, 3.05) is 0 Å². The molecule has 0 aliphatic carbocycles. The minimum absolute atomic E-state index is 0.0820. The van der Waals surface area contributed by atoms with Crippen LogP contribution in [0.3, 0.4) is 0 Å². The van der Waals surface area contributed by atoms with Crippen molar-refractivity contribution in [1.29, 1.82) is 0 Å². The number of carboxylic acids is 1. The van der Waals surface area contributed by atoms with Crippen LogP contribution in [0.15, 0.2) is 64.2 Å². The zero-order valence-electron chi connectivity index (χ0n) is 19.8. The van der Waals surface area contributed by atoms with Crippen LogP contribution in [0.4, 0.5) is 13.2 Å². The lowest BCUT2D eigenvalue weighted by atomic mass is 9.90. The van der Waals surface area contributed by atoms with Gasteiger partial charge in [-0.1, -0.05) is 42.5 Å². The molecule has 4 rings (SSSR count). The van der Waals surface area contributed by atoms with Crippen molar-refractivity contribution < 1.29 is 27.8 Å². The monoisotopic (exact) mass is 515 g/mol. The number of carbonyl (C=O) groups is 1. The zero-order chi connectivity index (χ0) is 26.7. The van der Waals surface area contributed by atoms with Crippen molar-refractivity contribution >= 4 is 17.2 Å². The molecule has 0 saturated carbocycles. The molecule has 0 spiro atoms. The highest BCUT2D eigenvalue weighted by Crippen LogP contribution is 2.33. The Bertz CT molecular complexity index is 1470. The average Bonchev–Trinajstić information content (AvgIpc) is 2.84. The predicted molar refractivity (Wildman–Crippen MR) is 130 cm³/mol. The Morgan fingerprint density at radius 2 is 1.84 bits per heavy atom. The Labute approximate surface area is 209 Å². The summed E-state index contributed by atoms with van der Waals surface area (Å²) in [4.78, 5) is 37.6. The number of halogens is 3. The summed E-state index contributed by atoms with van der Waals surface area (Å²) in [5, 5.41) is 12.2. The fourth-order valence-electron chi connectivity index (χ4n) is 4.41. The van der Waals surface area contributed by atoms with Gasteiger partial charge in [0.1, 0.15) is 5.75 Å². The summed E-state index contributed by atoms with van der Waals surface area (Å²) in [6.07, 6.45) is -4.74. The fraction of sp³-hybridized carbons (Fsp3) is 0.269. The summed E-state index contributed by atoms with van der Waals surface area (Å²) in [5.74, 6) is -1.45. The molecule has 3 aromatic rings. The summed E-state index contributed by atoms with van der Waals surface area (Å²) in [6.45, 7) is 0.00559. The molecule has 0 unspecified atom stereocenters. The minimum atomic E-state index is -4.87. The molecule has 1 aromatic heterocycles. The molecule has 0 amide bonds. The van der Waals surface area contributed by atoms with Gasteiger partial charge in [-0.2, -0.15) is 0 Å². The molecule has 1 aliphatic heterocycles. The Hall–Kier alpha value is -4.28. The van der Waals surface area contributed by atoms with Crippen molar-refractivity contribution in [3.8, 4) is 5.75 Å². The van der Waals surface area contributed by atoms with Crippen LogP contribution in [0.5, 0.6) is 5.75 Å². The molecule has 0 fully saturated rings. The third-order valence-corrected chi connectivity index (χ3v) is 6.06. The number of ether oxygens (including phenoxy) is 1. The Morgan fingerprint density at radius 1 is 1.11 bits per heavy atom. The molecule has 8 nitrogen and oxygen atoms in total. The number of allylic oxidation sites excluding steroid dienone is 1. The smallest absolute Gasteiger partial charge is 0.481 e. The highest BCUT2D eigenvalue weighted by molar-refractivity contribution is 5.92. The molecule has 2 N–H and O–H groups in total. The highest BCUT2D eigenvalue weighted by atomic mass is 19.4. The number of nitrogens with zero attached hydrogens (tertiary/aromatic N) is 2. The lowest BCUT2D eigenvalue weighted by Gasteiger charge is -2.27. The average molecular weight is 515 g/mol. The third kappa shape index (κ3) is 5.76. The quantitative estimate of drug-likeness (QED) is 0.476. The number of rotatable bonds is 8. The molecule has 37 heavy (non-hydrogen) atoms. The Balaban J connectivity index is 1.91. The SMILES string of the molecule is Cn1c2c(c(=O)n(CCCC(=O)O)c1=O)C(Cc1ccccc1)=C(c1cccc(OC(F)(F)F)c1)NC2. The molecule has 0 radical (unpaired) electrons. The van der Waals surface area contributed by atoms with E-state index in [4.69, 9.17) is 5.11 Å². The Kier molecular flexibility index (Phi) is 7.23. The van der Waals surface area contributed by atoms with E-state index in [1.807, 2.05) is 30.3 Å². The van der Waals surface area contributed by atoms with Crippen LogP contribution in [0.25, 0.3) is 11.3 Å². The van der Waals surface area contributed by atoms with Gasteiger partial charge in [0.05, 0.1) is 17.8 Å². The largest absolute Gasteiger partial charge is 0.573 e. The van der Waals surface area contributed by atoms with Gasteiger partial charge in [0.25, 0.3) is 5.56 Å². The Morgan fingerprint density at radius 3 is 2.51 bits per heavy atom. The van der Waals surface area contributed by atoms with E-state index in [0.29, 0.717) is 22.5 Å². The van der Waals surface area contributed by atoms with Crippen LogP contribution in [0, 0.1) is 0 Å². The van der Waals surface area contributed by atoms with Gasteiger partial charge in [-0.05, 0) is 29.7 Å². The van der Waals surface area contributed by atoms with E-state index >= 15 is 0 Å². The first-order chi connectivity index (χ1) is 17.5. The van der Waals surface area contributed by atoms with E-state index in [2.05, 4.69) is 10.1 Å². The number of benzene rings is 2. The summed E-state index contributed by atoms with van der Waals surface area (Å²) in [5.41, 5.74) is 1.72. The molecular formula is C26H24F3N3O5. The normalized spacial score (nSPS) is 13.2. The fourth-order valence-corrected chi connectivity index (χ4v) is 4.41. The standard InChI is InChI=1S/C26H24F3N3O5/c1-31-20-15-30-23(17-9-5-10-18(14-17)37-26(27,28)29)19(13-16-7-3-2-4-8-16)22(20)24(35)32(25(31)36)12-6-11-21(33)34/h2-5,7-10,14,30H,6,11-13,15H2,1H3,(H,33,34). The number of aromatic nitrogens is 2. The van der Waals surface area contributed by atoms with E-state index in [1.54, 1.807) is 6.07 Å². The third-order valence-electron chi connectivity index (χ3n) is 6.06. The summed E-state index contributed by atoms with van der Waals surface area (Å²) < 4.78 is 45.0. The highest BCUT2D eigenvalue weighted by Gasteiger charge is 2.32. The maximum absolute atomic E-state index is 13.7. The molecule has 1 aliphatic rings. The van der Waals surface area contributed by atoms with E-state index in [9.17, 15) is 27.6 Å². The van der Waals surface area contributed by atoms with Gasteiger partial charge < -0.3 is 15.2 Å².